The number of hydrogen-bond donors (Lipinski definition) is 2. The Morgan fingerprint density at radius 1 is 1.41 bits per heavy atom. The van der Waals surface area contributed by atoms with Crippen LogP contribution in [0.5, 0.6) is 0 Å². The zero-order chi connectivity index (χ0) is 15.5. The molecule has 2 aromatic rings. The molecule has 118 valence electrons. The summed E-state index contributed by atoms with van der Waals surface area (Å²) in [5.74, 6) is 0.0127. The van der Waals surface area contributed by atoms with Gasteiger partial charge in [-0.05, 0) is 51.4 Å². The third-order valence-electron chi connectivity index (χ3n) is 4.47. The second kappa shape index (κ2) is 6.48. The maximum absolute atomic E-state index is 12.5. The van der Waals surface area contributed by atoms with Gasteiger partial charge in [0.2, 0.25) is 0 Å². The summed E-state index contributed by atoms with van der Waals surface area (Å²) in [5.41, 5.74) is 1.66. The SMILES string of the molecule is CC(C)N1CCCCC(NC(=O)c2ccc3[nH]ncc3c2)C1. The van der Waals surface area contributed by atoms with E-state index in [1.165, 1.54) is 12.8 Å². The molecular weight excluding hydrogens is 276 g/mol. The molecule has 0 radical (unpaired) electrons. The number of aromatic amines is 1. The molecule has 5 heteroatoms. The molecule has 0 aliphatic carbocycles. The quantitative estimate of drug-likeness (QED) is 0.916. The van der Waals surface area contributed by atoms with E-state index in [2.05, 4.69) is 34.3 Å². The highest BCUT2D eigenvalue weighted by Gasteiger charge is 2.21. The topological polar surface area (TPSA) is 61.0 Å². The van der Waals surface area contributed by atoms with Crippen molar-refractivity contribution >= 4 is 16.8 Å². The fraction of sp³-hybridized carbons (Fsp3) is 0.529. The lowest BCUT2D eigenvalue weighted by Gasteiger charge is -2.28. The molecule has 1 amide bonds. The molecule has 3 rings (SSSR count). The summed E-state index contributed by atoms with van der Waals surface area (Å²) in [6.45, 7) is 6.51. The van der Waals surface area contributed by atoms with Gasteiger partial charge in [-0.15, -0.1) is 0 Å². The second-order valence-electron chi connectivity index (χ2n) is 6.43. The molecule has 1 aromatic heterocycles. The van der Waals surface area contributed by atoms with Crippen LogP contribution in [0.1, 0.15) is 43.5 Å². The van der Waals surface area contributed by atoms with Gasteiger partial charge < -0.3 is 5.32 Å². The average molecular weight is 300 g/mol. The van der Waals surface area contributed by atoms with Crippen LogP contribution in [-0.4, -0.2) is 46.2 Å². The Labute approximate surface area is 131 Å². The molecule has 0 bridgehead atoms. The van der Waals surface area contributed by atoms with Crippen molar-refractivity contribution in [3.8, 4) is 0 Å². The number of aromatic nitrogens is 2. The van der Waals surface area contributed by atoms with Gasteiger partial charge >= 0.3 is 0 Å². The number of H-pyrrole nitrogens is 1. The van der Waals surface area contributed by atoms with E-state index in [1.54, 1.807) is 6.20 Å². The lowest BCUT2D eigenvalue weighted by atomic mass is 10.1. The molecule has 1 saturated heterocycles. The number of carbonyl (C=O) groups excluding carboxylic acids is 1. The maximum atomic E-state index is 12.5. The highest BCUT2D eigenvalue weighted by Crippen LogP contribution is 2.16. The molecule has 0 saturated carbocycles. The minimum atomic E-state index is 0.0127. The van der Waals surface area contributed by atoms with Crippen LogP contribution in [0.3, 0.4) is 0 Å². The fourth-order valence-corrected chi connectivity index (χ4v) is 3.11. The van der Waals surface area contributed by atoms with Crippen LogP contribution < -0.4 is 5.32 Å². The average Bonchev–Trinajstić information content (AvgIpc) is 2.84. The molecule has 1 atom stereocenters. The van der Waals surface area contributed by atoms with Crippen LogP contribution in [0.4, 0.5) is 0 Å². The van der Waals surface area contributed by atoms with Crippen LogP contribution in [0, 0.1) is 0 Å². The summed E-state index contributed by atoms with van der Waals surface area (Å²) in [7, 11) is 0. The van der Waals surface area contributed by atoms with Crippen molar-refractivity contribution in [3.05, 3.63) is 30.0 Å². The van der Waals surface area contributed by atoms with Crippen molar-refractivity contribution in [2.75, 3.05) is 13.1 Å². The second-order valence-corrected chi connectivity index (χ2v) is 6.43. The normalized spacial score (nSPS) is 20.2. The number of fused-ring (bicyclic) bond motifs is 1. The first-order valence-corrected chi connectivity index (χ1v) is 8.11. The van der Waals surface area contributed by atoms with Gasteiger partial charge in [0.25, 0.3) is 5.91 Å². The minimum absolute atomic E-state index is 0.0127. The Balaban J connectivity index is 1.69. The van der Waals surface area contributed by atoms with Crippen molar-refractivity contribution in [1.29, 1.82) is 0 Å². The molecule has 2 N–H and O–H groups in total. The molecule has 1 aliphatic rings. The van der Waals surface area contributed by atoms with E-state index in [9.17, 15) is 4.79 Å². The molecule has 1 unspecified atom stereocenters. The van der Waals surface area contributed by atoms with Crippen molar-refractivity contribution in [2.45, 2.75) is 45.2 Å². The zero-order valence-electron chi connectivity index (χ0n) is 13.3. The van der Waals surface area contributed by atoms with Crippen LogP contribution >= 0.6 is 0 Å². The minimum Gasteiger partial charge on any atom is -0.348 e. The largest absolute Gasteiger partial charge is 0.348 e. The fourth-order valence-electron chi connectivity index (χ4n) is 3.11. The maximum Gasteiger partial charge on any atom is 0.251 e. The molecule has 22 heavy (non-hydrogen) atoms. The highest BCUT2D eigenvalue weighted by molar-refractivity contribution is 5.98. The smallest absolute Gasteiger partial charge is 0.251 e. The molecule has 1 aliphatic heterocycles. The number of nitrogens with zero attached hydrogens (tertiary/aromatic N) is 2. The lowest BCUT2D eigenvalue weighted by molar-refractivity contribution is 0.0921. The first-order valence-electron chi connectivity index (χ1n) is 8.11. The Kier molecular flexibility index (Phi) is 4.43. The monoisotopic (exact) mass is 300 g/mol. The van der Waals surface area contributed by atoms with Gasteiger partial charge in [-0.2, -0.15) is 5.10 Å². The predicted molar refractivity (Wildman–Crippen MR) is 87.9 cm³/mol. The van der Waals surface area contributed by atoms with Gasteiger partial charge in [0.15, 0.2) is 0 Å². The van der Waals surface area contributed by atoms with Crippen LogP contribution in [0.15, 0.2) is 24.4 Å². The summed E-state index contributed by atoms with van der Waals surface area (Å²) >= 11 is 0. The molecule has 2 heterocycles. The van der Waals surface area contributed by atoms with E-state index in [0.29, 0.717) is 11.6 Å². The van der Waals surface area contributed by atoms with Crippen LogP contribution in [0.25, 0.3) is 10.9 Å². The van der Waals surface area contributed by atoms with Crippen molar-refractivity contribution in [1.82, 2.24) is 20.4 Å². The molecule has 5 nitrogen and oxygen atoms in total. The van der Waals surface area contributed by atoms with E-state index in [1.807, 2.05) is 18.2 Å². The van der Waals surface area contributed by atoms with E-state index in [0.717, 1.165) is 30.4 Å². The number of hydrogen-bond acceptors (Lipinski definition) is 3. The Morgan fingerprint density at radius 2 is 2.27 bits per heavy atom. The van der Waals surface area contributed by atoms with E-state index >= 15 is 0 Å². The van der Waals surface area contributed by atoms with E-state index in [4.69, 9.17) is 0 Å². The molecule has 1 fully saturated rings. The summed E-state index contributed by atoms with van der Waals surface area (Å²) in [5, 5.41) is 11.1. The van der Waals surface area contributed by atoms with Gasteiger partial charge in [0.1, 0.15) is 0 Å². The Hall–Kier alpha value is -1.88. The third-order valence-corrected chi connectivity index (χ3v) is 4.47. The number of nitrogens with one attached hydrogen (secondary N) is 2. The first kappa shape index (κ1) is 15.0. The molecular formula is C17H24N4O. The van der Waals surface area contributed by atoms with E-state index in [-0.39, 0.29) is 11.9 Å². The van der Waals surface area contributed by atoms with Gasteiger partial charge in [-0.1, -0.05) is 6.42 Å². The predicted octanol–water partition coefficient (Wildman–Crippen LogP) is 2.56. The summed E-state index contributed by atoms with van der Waals surface area (Å²) < 4.78 is 0. The van der Waals surface area contributed by atoms with Gasteiger partial charge in [-0.25, -0.2) is 0 Å². The summed E-state index contributed by atoms with van der Waals surface area (Å²) in [4.78, 5) is 15.0. The van der Waals surface area contributed by atoms with Gasteiger partial charge in [0, 0.05) is 29.6 Å². The van der Waals surface area contributed by atoms with Crippen LogP contribution in [-0.2, 0) is 0 Å². The van der Waals surface area contributed by atoms with Gasteiger partial charge in [-0.3, -0.25) is 14.8 Å². The van der Waals surface area contributed by atoms with Crippen molar-refractivity contribution in [3.63, 3.8) is 0 Å². The van der Waals surface area contributed by atoms with Gasteiger partial charge in [0.05, 0.1) is 11.7 Å². The Morgan fingerprint density at radius 3 is 3.09 bits per heavy atom. The number of amides is 1. The highest BCUT2D eigenvalue weighted by atomic mass is 16.1. The third kappa shape index (κ3) is 3.30. The summed E-state index contributed by atoms with van der Waals surface area (Å²) in [6, 6.07) is 6.42. The zero-order valence-corrected chi connectivity index (χ0v) is 13.3. The number of carbonyl (C=O) groups is 1. The molecule has 1 aromatic carbocycles. The van der Waals surface area contributed by atoms with E-state index < -0.39 is 0 Å². The summed E-state index contributed by atoms with van der Waals surface area (Å²) in [6.07, 6.45) is 5.20. The van der Waals surface area contributed by atoms with Crippen LogP contribution in [0.2, 0.25) is 0 Å². The molecule has 0 spiro atoms. The number of likely N-dealkylation sites (tertiary alicyclic amines) is 1. The standard InChI is InChI=1S/C17H24N4O/c1-12(2)21-8-4-3-5-15(11-21)19-17(22)13-6-7-16-14(9-13)10-18-20-16/h6-7,9-10,12,15H,3-5,8,11H2,1-2H3,(H,18,20)(H,19,22). The first-order chi connectivity index (χ1) is 10.6. The Bertz CT molecular complexity index is 649. The lowest BCUT2D eigenvalue weighted by Crippen LogP contribution is -2.44. The number of benzene rings is 1. The van der Waals surface area contributed by atoms with Crippen molar-refractivity contribution in [2.24, 2.45) is 0 Å². The van der Waals surface area contributed by atoms with Crippen molar-refractivity contribution < 1.29 is 4.79 Å². The number of rotatable bonds is 3.